The first-order valence-corrected chi connectivity index (χ1v) is 15.0. The minimum Gasteiger partial charge on any atom is -0.394 e. The number of nitrogens with one attached hydrogen (secondary N) is 1. The summed E-state index contributed by atoms with van der Waals surface area (Å²) >= 11 is 0. The molecule has 1 amide bonds. The van der Waals surface area contributed by atoms with Crippen LogP contribution < -0.4 is 5.32 Å². The van der Waals surface area contributed by atoms with Crippen LogP contribution >= 0.6 is 0 Å². The maximum atomic E-state index is 13.1. The minimum absolute atomic E-state index is 0.0385. The molecule has 3 heterocycles. The van der Waals surface area contributed by atoms with Crippen molar-refractivity contribution in [3.05, 3.63) is 53.9 Å². The van der Waals surface area contributed by atoms with E-state index in [2.05, 4.69) is 11.4 Å². The first-order valence-electron chi connectivity index (χ1n) is 13.4. The lowest BCUT2D eigenvalue weighted by molar-refractivity contribution is -0.128. The Bertz CT molecular complexity index is 1300. The Labute approximate surface area is 218 Å². The van der Waals surface area contributed by atoms with E-state index < -0.39 is 21.5 Å². The number of rotatable bonds is 8. The van der Waals surface area contributed by atoms with Gasteiger partial charge in [-0.15, -0.1) is 0 Å². The molecule has 1 aliphatic carbocycles. The standard InChI is InChI=1S/C28H37N3O5S/c32-20-23(33)19-30-14-11-24-21(8-4-10-26(24)30)9-5-17-37(35,36)31-15-12-28(13-16-31)18-25(29-27(28)34)22-6-2-1-3-7-22/h4-5,8-11,14,18,22-23,32-33H,1-3,6-7,12-13,15-17,19-20H2,(H,29,34)/b9-5+/t23-/m0/s1. The van der Waals surface area contributed by atoms with Gasteiger partial charge in [-0.05, 0) is 55.4 Å². The summed E-state index contributed by atoms with van der Waals surface area (Å²) in [6, 6.07) is 7.69. The van der Waals surface area contributed by atoms with E-state index in [9.17, 15) is 18.3 Å². The second-order valence-electron chi connectivity index (χ2n) is 10.7. The molecule has 0 unspecified atom stereocenters. The van der Waals surface area contributed by atoms with Crippen LogP contribution in [0.1, 0.15) is 50.5 Å². The highest BCUT2D eigenvalue weighted by atomic mass is 32.2. The van der Waals surface area contributed by atoms with E-state index in [-0.39, 0.29) is 24.8 Å². The number of sulfonamides is 1. The predicted molar refractivity (Wildman–Crippen MR) is 144 cm³/mol. The number of amides is 1. The van der Waals surface area contributed by atoms with Crippen molar-refractivity contribution in [1.82, 2.24) is 14.2 Å². The quantitative estimate of drug-likeness (QED) is 0.489. The summed E-state index contributed by atoms with van der Waals surface area (Å²) < 4.78 is 29.6. The van der Waals surface area contributed by atoms with Gasteiger partial charge in [-0.2, -0.15) is 0 Å². The van der Waals surface area contributed by atoms with Gasteiger partial charge in [0.25, 0.3) is 0 Å². The molecule has 5 rings (SSSR count). The molecule has 200 valence electrons. The van der Waals surface area contributed by atoms with Crippen molar-refractivity contribution in [3.63, 3.8) is 0 Å². The second-order valence-corrected chi connectivity index (χ2v) is 12.7. The van der Waals surface area contributed by atoms with Gasteiger partial charge in [0.15, 0.2) is 0 Å². The largest absolute Gasteiger partial charge is 0.394 e. The first kappa shape index (κ1) is 26.2. The van der Waals surface area contributed by atoms with Crippen LogP contribution in [0, 0.1) is 11.3 Å². The Balaban J connectivity index is 1.22. The topological polar surface area (TPSA) is 112 Å². The number of allylic oxidation sites excluding steroid dienone is 1. The average Bonchev–Trinajstić information content (AvgIpc) is 3.46. The van der Waals surface area contributed by atoms with Crippen molar-refractivity contribution in [2.24, 2.45) is 11.3 Å². The van der Waals surface area contributed by atoms with Crippen LogP contribution in [0.3, 0.4) is 0 Å². The number of piperidine rings is 1. The summed E-state index contributed by atoms with van der Waals surface area (Å²) in [6.45, 7) is 0.679. The Kier molecular flexibility index (Phi) is 7.58. The predicted octanol–water partition coefficient (Wildman–Crippen LogP) is 3.01. The van der Waals surface area contributed by atoms with Crippen molar-refractivity contribution in [2.75, 3.05) is 25.4 Å². The molecule has 1 aromatic carbocycles. The van der Waals surface area contributed by atoms with Crippen molar-refractivity contribution in [1.29, 1.82) is 0 Å². The Hall–Kier alpha value is -2.46. The highest BCUT2D eigenvalue weighted by Gasteiger charge is 2.46. The molecule has 3 N–H and O–H groups in total. The molecule has 1 spiro atoms. The fourth-order valence-corrected chi connectivity index (χ4v) is 7.35. The number of carbonyl (C=O) groups is 1. The van der Waals surface area contributed by atoms with Crippen LogP contribution in [0.4, 0.5) is 0 Å². The molecule has 1 atom stereocenters. The van der Waals surface area contributed by atoms with Crippen LogP contribution in [0.15, 0.2) is 48.3 Å². The summed E-state index contributed by atoms with van der Waals surface area (Å²) in [5.74, 6) is 0.372. The Morgan fingerprint density at radius 2 is 1.89 bits per heavy atom. The van der Waals surface area contributed by atoms with Gasteiger partial charge in [0.1, 0.15) is 0 Å². The number of benzene rings is 1. The summed E-state index contributed by atoms with van der Waals surface area (Å²) in [6.07, 6.45) is 13.6. The number of hydrogen-bond donors (Lipinski definition) is 3. The maximum absolute atomic E-state index is 13.1. The van der Waals surface area contributed by atoms with Gasteiger partial charge < -0.3 is 20.1 Å². The van der Waals surface area contributed by atoms with Gasteiger partial charge in [0.2, 0.25) is 15.9 Å². The molecule has 8 nitrogen and oxygen atoms in total. The van der Waals surface area contributed by atoms with Crippen LogP contribution in [-0.4, -0.2) is 65.0 Å². The zero-order valence-corrected chi connectivity index (χ0v) is 22.0. The van der Waals surface area contributed by atoms with E-state index in [0.29, 0.717) is 31.8 Å². The SMILES string of the molecule is O=C1NC(C2CCCCC2)=CC12CCN(S(=O)(=O)C/C=C/c1cccc3c1ccn3C[C@H](O)CO)CC2. The lowest BCUT2D eigenvalue weighted by Crippen LogP contribution is -2.46. The highest BCUT2D eigenvalue weighted by molar-refractivity contribution is 7.89. The summed E-state index contributed by atoms with van der Waals surface area (Å²) in [4.78, 5) is 12.9. The molecule has 0 radical (unpaired) electrons. The average molecular weight is 528 g/mol. The van der Waals surface area contributed by atoms with Crippen molar-refractivity contribution < 1.29 is 23.4 Å². The molecule has 9 heteroatoms. The summed E-state index contributed by atoms with van der Waals surface area (Å²) in [7, 11) is -3.49. The molecule has 2 fully saturated rings. The van der Waals surface area contributed by atoms with Gasteiger partial charge in [0.05, 0.1) is 30.4 Å². The number of nitrogens with zero attached hydrogens (tertiary/aromatic N) is 2. The summed E-state index contributed by atoms with van der Waals surface area (Å²) in [5, 5.41) is 23.0. The lowest BCUT2D eigenvalue weighted by Gasteiger charge is -2.35. The van der Waals surface area contributed by atoms with E-state index in [1.165, 1.54) is 23.6 Å². The molecule has 37 heavy (non-hydrogen) atoms. The smallest absolute Gasteiger partial charge is 0.234 e. The Morgan fingerprint density at radius 3 is 2.62 bits per heavy atom. The van der Waals surface area contributed by atoms with Crippen LogP contribution in [0.5, 0.6) is 0 Å². The number of aliphatic hydroxyl groups excluding tert-OH is 2. The molecule has 3 aliphatic rings. The number of aromatic nitrogens is 1. The normalized spacial score (nSPS) is 22.1. The molecule has 1 saturated carbocycles. The molecular formula is C28H37N3O5S. The van der Waals surface area contributed by atoms with Crippen LogP contribution in [-0.2, 0) is 21.4 Å². The Morgan fingerprint density at radius 1 is 1.14 bits per heavy atom. The van der Waals surface area contributed by atoms with E-state index in [0.717, 1.165) is 35.0 Å². The second kappa shape index (κ2) is 10.7. The third-order valence-electron chi connectivity index (χ3n) is 8.26. The lowest BCUT2D eigenvalue weighted by atomic mass is 9.78. The van der Waals surface area contributed by atoms with Crippen molar-refractivity contribution >= 4 is 32.9 Å². The van der Waals surface area contributed by atoms with Gasteiger partial charge in [0, 0.05) is 35.9 Å². The van der Waals surface area contributed by atoms with E-state index in [1.54, 1.807) is 6.08 Å². The highest BCUT2D eigenvalue weighted by Crippen LogP contribution is 2.42. The fourth-order valence-electron chi connectivity index (χ4n) is 6.06. The summed E-state index contributed by atoms with van der Waals surface area (Å²) in [5.41, 5.74) is 2.30. The molecular weight excluding hydrogens is 490 g/mol. The fraction of sp³-hybridized carbons (Fsp3) is 0.536. The van der Waals surface area contributed by atoms with Gasteiger partial charge >= 0.3 is 0 Å². The maximum Gasteiger partial charge on any atom is 0.234 e. The van der Waals surface area contributed by atoms with E-state index in [4.69, 9.17) is 5.11 Å². The first-order chi connectivity index (χ1) is 17.8. The minimum atomic E-state index is -3.49. The molecule has 1 aromatic heterocycles. The third kappa shape index (κ3) is 5.41. The molecule has 0 bridgehead atoms. The molecule has 2 aromatic rings. The van der Waals surface area contributed by atoms with Crippen molar-refractivity contribution in [3.8, 4) is 0 Å². The monoisotopic (exact) mass is 527 g/mol. The van der Waals surface area contributed by atoms with Crippen LogP contribution in [0.25, 0.3) is 17.0 Å². The molecule has 1 saturated heterocycles. The zero-order chi connectivity index (χ0) is 26.0. The number of fused-ring (bicyclic) bond motifs is 1. The number of hydrogen-bond acceptors (Lipinski definition) is 5. The van der Waals surface area contributed by atoms with Crippen LogP contribution in [0.2, 0.25) is 0 Å². The number of carbonyl (C=O) groups excluding carboxylic acids is 1. The molecule has 2 aliphatic heterocycles. The third-order valence-corrected chi connectivity index (χ3v) is 10.0. The van der Waals surface area contributed by atoms with Gasteiger partial charge in [-0.3, -0.25) is 4.79 Å². The van der Waals surface area contributed by atoms with Gasteiger partial charge in [-0.1, -0.05) is 43.5 Å². The van der Waals surface area contributed by atoms with Crippen molar-refractivity contribution in [2.45, 2.75) is 57.6 Å². The van der Waals surface area contributed by atoms with Gasteiger partial charge in [-0.25, -0.2) is 12.7 Å². The number of aliphatic hydroxyl groups is 2. The van der Waals surface area contributed by atoms with E-state index in [1.807, 2.05) is 41.1 Å². The zero-order valence-electron chi connectivity index (χ0n) is 21.2. The van der Waals surface area contributed by atoms with E-state index >= 15 is 0 Å².